The van der Waals surface area contributed by atoms with Crippen LogP contribution < -0.4 is 9.64 Å². The highest BCUT2D eigenvalue weighted by Crippen LogP contribution is 2.28. The molecule has 0 N–H and O–H groups in total. The normalized spacial score (nSPS) is 18.2. The Morgan fingerprint density at radius 1 is 1.24 bits per heavy atom. The van der Waals surface area contributed by atoms with E-state index in [4.69, 9.17) is 14.2 Å². The van der Waals surface area contributed by atoms with Gasteiger partial charge in [-0.05, 0) is 26.8 Å². The van der Waals surface area contributed by atoms with Gasteiger partial charge in [0.2, 0.25) is 5.88 Å². The monoisotopic (exact) mass is 353 g/mol. The predicted octanol–water partition coefficient (Wildman–Crippen LogP) is 2.19. The van der Waals surface area contributed by atoms with Crippen LogP contribution in [0.25, 0.3) is 0 Å². The minimum absolute atomic E-state index is 0.206. The van der Waals surface area contributed by atoms with Crippen molar-refractivity contribution in [3.8, 4) is 5.88 Å². The molecule has 0 unspecified atom stereocenters. The Morgan fingerprint density at radius 3 is 2.64 bits per heavy atom. The van der Waals surface area contributed by atoms with E-state index in [1.54, 1.807) is 0 Å². The quantitative estimate of drug-likeness (QED) is 0.771. The third kappa shape index (κ3) is 4.31. The zero-order chi connectivity index (χ0) is 18.0. The largest absolute Gasteiger partial charge is 0.475 e. The zero-order valence-corrected chi connectivity index (χ0v) is 14.9. The van der Waals surface area contributed by atoms with Gasteiger partial charge in [-0.1, -0.05) is 0 Å². The second kappa shape index (κ2) is 7.03. The van der Waals surface area contributed by atoms with Gasteiger partial charge in [-0.25, -0.2) is 9.18 Å². The minimum Gasteiger partial charge on any atom is -0.475 e. The molecule has 0 saturated carbocycles. The maximum Gasteiger partial charge on any atom is 0.410 e. The molecule has 1 fully saturated rings. The van der Waals surface area contributed by atoms with E-state index < -0.39 is 17.5 Å². The summed E-state index contributed by atoms with van der Waals surface area (Å²) in [6, 6.07) is 1.40. The summed E-state index contributed by atoms with van der Waals surface area (Å²) in [6.07, 6.45) is -0.443. The molecule has 2 aliphatic rings. The number of hydrogen-bond acceptors (Lipinski definition) is 6. The van der Waals surface area contributed by atoms with E-state index in [0.29, 0.717) is 44.3 Å². The van der Waals surface area contributed by atoms with E-state index in [-0.39, 0.29) is 19.0 Å². The summed E-state index contributed by atoms with van der Waals surface area (Å²) in [7, 11) is 0. The van der Waals surface area contributed by atoms with E-state index in [1.165, 1.54) is 11.0 Å². The lowest BCUT2D eigenvalue weighted by atomic mass is 10.2. The van der Waals surface area contributed by atoms with Crippen molar-refractivity contribution in [1.29, 1.82) is 0 Å². The number of carbonyl (C=O) groups excluding carboxylic acids is 1. The number of morpholine rings is 1. The van der Waals surface area contributed by atoms with Crippen LogP contribution in [0, 0.1) is 5.82 Å². The number of rotatable bonds is 1. The fraction of sp³-hybridized carbons (Fsp3) is 0.647. The first-order valence-electron chi connectivity index (χ1n) is 8.46. The highest BCUT2D eigenvalue weighted by atomic mass is 19.1. The first-order chi connectivity index (χ1) is 11.8. The summed E-state index contributed by atoms with van der Waals surface area (Å²) in [5.41, 5.74) is -0.0468. The number of fused-ring (bicyclic) bond motifs is 1. The molecule has 2 aliphatic heterocycles. The van der Waals surface area contributed by atoms with E-state index in [0.717, 1.165) is 0 Å². The lowest BCUT2D eigenvalue weighted by Crippen LogP contribution is -2.37. The van der Waals surface area contributed by atoms with Crippen LogP contribution in [0.3, 0.4) is 0 Å². The fourth-order valence-electron chi connectivity index (χ4n) is 2.76. The summed E-state index contributed by atoms with van der Waals surface area (Å²) in [6.45, 7) is 8.55. The molecule has 0 aromatic carbocycles. The molecular weight excluding hydrogens is 329 g/mol. The van der Waals surface area contributed by atoms with Crippen molar-refractivity contribution in [3.05, 3.63) is 17.4 Å². The first kappa shape index (κ1) is 17.7. The molecule has 1 aromatic rings. The third-order valence-corrected chi connectivity index (χ3v) is 3.92. The molecule has 1 aromatic heterocycles. The van der Waals surface area contributed by atoms with Crippen molar-refractivity contribution < 1.29 is 23.4 Å². The van der Waals surface area contributed by atoms with Gasteiger partial charge in [0.1, 0.15) is 12.2 Å². The molecule has 7 nitrogen and oxygen atoms in total. The second-order valence-corrected chi connectivity index (χ2v) is 7.11. The number of halogens is 1. The van der Waals surface area contributed by atoms with Gasteiger partial charge in [0, 0.05) is 18.7 Å². The van der Waals surface area contributed by atoms with Crippen LogP contribution in [0.15, 0.2) is 6.07 Å². The summed E-state index contributed by atoms with van der Waals surface area (Å²) in [4.78, 5) is 20.0. The van der Waals surface area contributed by atoms with Gasteiger partial charge in [0.25, 0.3) is 0 Å². The molecule has 1 saturated heterocycles. The highest BCUT2D eigenvalue weighted by molar-refractivity contribution is 5.68. The number of pyridine rings is 1. The van der Waals surface area contributed by atoms with Crippen molar-refractivity contribution in [2.24, 2.45) is 0 Å². The van der Waals surface area contributed by atoms with Crippen molar-refractivity contribution >= 4 is 11.9 Å². The summed E-state index contributed by atoms with van der Waals surface area (Å²) in [5, 5.41) is 0. The van der Waals surface area contributed by atoms with Gasteiger partial charge in [-0.2, -0.15) is 4.98 Å². The standard InChI is InChI=1S/C17H24FN3O4/c1-17(2,3)25-16(22)21-6-9-24-15-12(11-21)10-13(18)14(19-15)20-4-7-23-8-5-20/h10H,4-9,11H2,1-3H3. The molecule has 25 heavy (non-hydrogen) atoms. The third-order valence-electron chi connectivity index (χ3n) is 3.92. The van der Waals surface area contributed by atoms with Crippen molar-refractivity contribution in [2.75, 3.05) is 44.4 Å². The van der Waals surface area contributed by atoms with Gasteiger partial charge >= 0.3 is 6.09 Å². The number of nitrogens with zero attached hydrogens (tertiary/aromatic N) is 3. The smallest absolute Gasteiger partial charge is 0.410 e. The van der Waals surface area contributed by atoms with Crippen LogP contribution in [-0.2, 0) is 16.0 Å². The van der Waals surface area contributed by atoms with Crippen LogP contribution in [0.1, 0.15) is 26.3 Å². The molecule has 0 bridgehead atoms. The topological polar surface area (TPSA) is 64.1 Å². The zero-order valence-electron chi connectivity index (χ0n) is 14.9. The van der Waals surface area contributed by atoms with Crippen LogP contribution in [0.4, 0.5) is 15.0 Å². The maximum atomic E-state index is 14.6. The molecule has 138 valence electrons. The highest BCUT2D eigenvalue weighted by Gasteiger charge is 2.27. The Bertz CT molecular complexity index is 642. The summed E-state index contributed by atoms with van der Waals surface area (Å²) >= 11 is 0. The molecule has 3 heterocycles. The van der Waals surface area contributed by atoms with E-state index in [1.807, 2.05) is 25.7 Å². The lowest BCUT2D eigenvalue weighted by Gasteiger charge is -2.28. The van der Waals surface area contributed by atoms with E-state index >= 15 is 0 Å². The molecule has 0 radical (unpaired) electrons. The number of hydrogen-bond donors (Lipinski definition) is 0. The molecule has 0 atom stereocenters. The number of ether oxygens (including phenoxy) is 3. The molecule has 1 amide bonds. The minimum atomic E-state index is -0.587. The fourth-order valence-corrected chi connectivity index (χ4v) is 2.76. The maximum absolute atomic E-state index is 14.6. The van der Waals surface area contributed by atoms with Crippen molar-refractivity contribution in [1.82, 2.24) is 9.88 Å². The Balaban J connectivity index is 1.80. The molecule has 8 heteroatoms. The average Bonchev–Trinajstić information content (AvgIpc) is 2.75. The van der Waals surface area contributed by atoms with Crippen molar-refractivity contribution in [3.63, 3.8) is 0 Å². The molecule has 0 aliphatic carbocycles. The van der Waals surface area contributed by atoms with Crippen LogP contribution in [0.2, 0.25) is 0 Å². The Labute approximate surface area is 146 Å². The lowest BCUT2D eigenvalue weighted by molar-refractivity contribution is 0.0225. The van der Waals surface area contributed by atoms with Gasteiger partial charge in [-0.15, -0.1) is 0 Å². The summed E-state index contributed by atoms with van der Waals surface area (Å²) < 4.78 is 30.9. The second-order valence-electron chi connectivity index (χ2n) is 7.11. The van der Waals surface area contributed by atoms with Crippen LogP contribution in [-0.4, -0.2) is 61.0 Å². The average molecular weight is 353 g/mol. The molecule has 0 spiro atoms. The van der Waals surface area contributed by atoms with Crippen molar-refractivity contribution in [2.45, 2.75) is 32.9 Å². The van der Waals surface area contributed by atoms with Gasteiger partial charge < -0.3 is 24.0 Å². The first-order valence-corrected chi connectivity index (χ1v) is 8.46. The van der Waals surface area contributed by atoms with Crippen LogP contribution >= 0.6 is 0 Å². The van der Waals surface area contributed by atoms with Gasteiger partial charge in [0.05, 0.1) is 26.3 Å². The Hall–Kier alpha value is -2.09. The van der Waals surface area contributed by atoms with Gasteiger partial charge in [-0.3, -0.25) is 0 Å². The predicted molar refractivity (Wildman–Crippen MR) is 89.4 cm³/mol. The summed E-state index contributed by atoms with van der Waals surface area (Å²) in [5.74, 6) is 0.219. The Morgan fingerprint density at radius 2 is 1.96 bits per heavy atom. The molecule has 3 rings (SSSR count). The number of anilines is 1. The number of amides is 1. The van der Waals surface area contributed by atoms with E-state index in [2.05, 4.69) is 4.98 Å². The molecular formula is C17H24FN3O4. The Kier molecular flexibility index (Phi) is 4.99. The number of aromatic nitrogens is 1. The van der Waals surface area contributed by atoms with Gasteiger partial charge in [0.15, 0.2) is 11.6 Å². The number of carbonyl (C=O) groups is 1. The van der Waals surface area contributed by atoms with E-state index in [9.17, 15) is 9.18 Å². The van der Waals surface area contributed by atoms with Crippen LogP contribution in [0.5, 0.6) is 5.88 Å². The SMILES string of the molecule is CC(C)(C)OC(=O)N1CCOc2nc(N3CCOCC3)c(F)cc2C1.